The first-order chi connectivity index (χ1) is 7.68. The van der Waals surface area contributed by atoms with Gasteiger partial charge in [-0.25, -0.2) is 0 Å². The van der Waals surface area contributed by atoms with Crippen LogP contribution in [-0.4, -0.2) is 13.1 Å². The third kappa shape index (κ3) is 3.32. The monoisotopic (exact) mass is 218 g/mol. The second kappa shape index (κ2) is 4.98. The van der Waals surface area contributed by atoms with E-state index >= 15 is 0 Å². The molecule has 2 heteroatoms. The summed E-state index contributed by atoms with van der Waals surface area (Å²) < 4.78 is 0. The molecule has 88 valence electrons. The average Bonchev–Trinajstić information content (AvgIpc) is 3.10. The summed E-state index contributed by atoms with van der Waals surface area (Å²) in [4.78, 5) is 0. The predicted molar refractivity (Wildman–Crippen MR) is 68.2 cm³/mol. The van der Waals surface area contributed by atoms with Gasteiger partial charge < -0.3 is 11.1 Å². The molecular weight excluding hydrogens is 196 g/mol. The average molecular weight is 218 g/mol. The molecule has 0 radical (unpaired) electrons. The van der Waals surface area contributed by atoms with Gasteiger partial charge in [0.15, 0.2) is 0 Å². The van der Waals surface area contributed by atoms with Gasteiger partial charge in [-0.1, -0.05) is 43.2 Å². The molecule has 0 spiro atoms. The van der Waals surface area contributed by atoms with Crippen molar-refractivity contribution in [2.24, 2.45) is 11.7 Å². The Balaban J connectivity index is 1.77. The van der Waals surface area contributed by atoms with Crippen LogP contribution in [0.25, 0.3) is 0 Å². The van der Waals surface area contributed by atoms with E-state index < -0.39 is 0 Å². The fraction of sp³-hybridized carbons (Fsp3) is 0.571. The minimum absolute atomic E-state index is 0.259. The largest absolute Gasteiger partial charge is 0.321 e. The Morgan fingerprint density at radius 1 is 1.31 bits per heavy atom. The van der Waals surface area contributed by atoms with Crippen LogP contribution < -0.4 is 11.1 Å². The molecule has 1 aromatic carbocycles. The number of nitrogens with one attached hydrogen (secondary N) is 1. The van der Waals surface area contributed by atoms with Crippen molar-refractivity contribution >= 4 is 0 Å². The van der Waals surface area contributed by atoms with Crippen molar-refractivity contribution in [2.75, 3.05) is 13.1 Å². The first-order valence-corrected chi connectivity index (χ1v) is 6.23. The predicted octanol–water partition coefficient (Wildman–Crippen LogP) is 2.25. The smallest absolute Gasteiger partial charge is 0.0507 e. The molecule has 1 aromatic rings. The van der Waals surface area contributed by atoms with E-state index in [1.54, 1.807) is 0 Å². The summed E-state index contributed by atoms with van der Waals surface area (Å²) in [5.41, 5.74) is 7.25. The summed E-state index contributed by atoms with van der Waals surface area (Å²) in [6.07, 6.45) is 4.17. The van der Waals surface area contributed by atoms with Gasteiger partial charge in [-0.2, -0.15) is 0 Å². The van der Waals surface area contributed by atoms with Crippen LogP contribution in [0.4, 0.5) is 0 Å². The van der Waals surface area contributed by atoms with Gasteiger partial charge in [0.05, 0.1) is 5.54 Å². The lowest BCUT2D eigenvalue weighted by Gasteiger charge is -2.25. The lowest BCUT2D eigenvalue weighted by molar-refractivity contribution is 0.440. The third-order valence-corrected chi connectivity index (χ3v) is 3.35. The molecule has 1 aliphatic carbocycles. The molecule has 0 bridgehead atoms. The second-order valence-electron chi connectivity index (χ2n) is 5.19. The van der Waals surface area contributed by atoms with Crippen LogP contribution >= 0.6 is 0 Å². The molecule has 0 saturated heterocycles. The van der Waals surface area contributed by atoms with E-state index in [0.717, 1.165) is 19.0 Å². The molecule has 0 heterocycles. The van der Waals surface area contributed by atoms with Crippen LogP contribution in [0, 0.1) is 5.92 Å². The van der Waals surface area contributed by atoms with E-state index in [4.69, 9.17) is 5.73 Å². The van der Waals surface area contributed by atoms with Crippen molar-refractivity contribution in [1.29, 1.82) is 0 Å². The highest BCUT2D eigenvalue weighted by molar-refractivity contribution is 5.23. The highest BCUT2D eigenvalue weighted by Gasteiger charge is 2.22. The molecule has 3 N–H and O–H groups in total. The highest BCUT2D eigenvalue weighted by Crippen LogP contribution is 2.31. The van der Waals surface area contributed by atoms with Crippen LogP contribution in [0.2, 0.25) is 0 Å². The van der Waals surface area contributed by atoms with Crippen molar-refractivity contribution in [2.45, 2.75) is 31.7 Å². The van der Waals surface area contributed by atoms with Gasteiger partial charge in [0.2, 0.25) is 0 Å². The second-order valence-corrected chi connectivity index (χ2v) is 5.19. The standard InChI is InChI=1S/C14H22N2/c1-14(15,13-5-3-2-4-6-13)11-16-10-9-12-7-8-12/h2-6,12,16H,7-11,15H2,1H3. The molecule has 1 aliphatic rings. The Kier molecular flexibility index (Phi) is 3.62. The van der Waals surface area contributed by atoms with Crippen LogP contribution in [0.3, 0.4) is 0 Å². The molecule has 0 amide bonds. The zero-order chi connectivity index (χ0) is 11.4. The molecule has 1 fully saturated rings. The Morgan fingerprint density at radius 3 is 2.62 bits per heavy atom. The summed E-state index contributed by atoms with van der Waals surface area (Å²) in [5, 5.41) is 3.47. The minimum atomic E-state index is -0.259. The van der Waals surface area contributed by atoms with Gasteiger partial charge in [0, 0.05) is 6.54 Å². The molecule has 2 rings (SSSR count). The molecule has 0 aliphatic heterocycles. The molecule has 1 unspecified atom stereocenters. The number of nitrogens with two attached hydrogens (primary N) is 1. The van der Waals surface area contributed by atoms with Gasteiger partial charge in [0.25, 0.3) is 0 Å². The molecule has 2 nitrogen and oxygen atoms in total. The van der Waals surface area contributed by atoms with Crippen molar-refractivity contribution < 1.29 is 0 Å². The molecular formula is C14H22N2. The van der Waals surface area contributed by atoms with Crippen LogP contribution in [-0.2, 0) is 5.54 Å². The molecule has 1 atom stereocenters. The van der Waals surface area contributed by atoms with Gasteiger partial charge in [-0.3, -0.25) is 0 Å². The van der Waals surface area contributed by atoms with Crippen molar-refractivity contribution in [1.82, 2.24) is 5.32 Å². The van der Waals surface area contributed by atoms with E-state index in [2.05, 4.69) is 24.4 Å². The fourth-order valence-electron chi connectivity index (χ4n) is 1.98. The van der Waals surface area contributed by atoms with Crippen LogP contribution in [0.1, 0.15) is 31.7 Å². The van der Waals surface area contributed by atoms with Gasteiger partial charge in [-0.15, -0.1) is 0 Å². The maximum Gasteiger partial charge on any atom is 0.0507 e. The highest BCUT2D eigenvalue weighted by atomic mass is 14.9. The zero-order valence-corrected chi connectivity index (χ0v) is 10.1. The van der Waals surface area contributed by atoms with Gasteiger partial charge >= 0.3 is 0 Å². The SMILES string of the molecule is CC(N)(CNCCC1CC1)c1ccccc1. The number of hydrogen-bond acceptors (Lipinski definition) is 2. The number of hydrogen-bond donors (Lipinski definition) is 2. The topological polar surface area (TPSA) is 38.0 Å². The first-order valence-electron chi connectivity index (χ1n) is 6.23. The third-order valence-electron chi connectivity index (χ3n) is 3.35. The number of benzene rings is 1. The minimum Gasteiger partial charge on any atom is -0.321 e. The maximum atomic E-state index is 6.31. The molecule has 1 saturated carbocycles. The Labute approximate surface area is 98.2 Å². The van der Waals surface area contributed by atoms with E-state index in [0.29, 0.717) is 0 Å². The van der Waals surface area contributed by atoms with Crippen molar-refractivity contribution in [3.05, 3.63) is 35.9 Å². The summed E-state index contributed by atoms with van der Waals surface area (Å²) in [6, 6.07) is 10.3. The van der Waals surface area contributed by atoms with E-state index in [1.807, 2.05) is 18.2 Å². The quantitative estimate of drug-likeness (QED) is 0.719. The fourth-order valence-corrected chi connectivity index (χ4v) is 1.98. The Bertz CT molecular complexity index is 315. The summed E-state index contributed by atoms with van der Waals surface area (Å²) in [5.74, 6) is 0.994. The van der Waals surface area contributed by atoms with E-state index in [9.17, 15) is 0 Å². The Morgan fingerprint density at radius 2 is 2.00 bits per heavy atom. The molecule has 16 heavy (non-hydrogen) atoms. The van der Waals surface area contributed by atoms with Crippen LogP contribution in [0.5, 0.6) is 0 Å². The summed E-state index contributed by atoms with van der Waals surface area (Å²) in [7, 11) is 0. The first kappa shape index (κ1) is 11.6. The normalized spacial score (nSPS) is 19.4. The summed E-state index contributed by atoms with van der Waals surface area (Å²) >= 11 is 0. The lowest BCUT2D eigenvalue weighted by Crippen LogP contribution is -2.43. The van der Waals surface area contributed by atoms with Crippen molar-refractivity contribution in [3.63, 3.8) is 0 Å². The molecule has 0 aromatic heterocycles. The lowest BCUT2D eigenvalue weighted by atomic mass is 9.93. The summed E-state index contributed by atoms with van der Waals surface area (Å²) in [6.45, 7) is 4.04. The van der Waals surface area contributed by atoms with E-state index in [1.165, 1.54) is 24.8 Å². The van der Waals surface area contributed by atoms with Crippen molar-refractivity contribution in [3.8, 4) is 0 Å². The maximum absolute atomic E-state index is 6.31. The van der Waals surface area contributed by atoms with Gasteiger partial charge in [0.1, 0.15) is 0 Å². The Hall–Kier alpha value is -0.860. The van der Waals surface area contributed by atoms with E-state index in [-0.39, 0.29) is 5.54 Å². The van der Waals surface area contributed by atoms with Gasteiger partial charge in [-0.05, 0) is 31.4 Å². The zero-order valence-electron chi connectivity index (χ0n) is 10.1. The number of rotatable bonds is 6. The van der Waals surface area contributed by atoms with Crippen LogP contribution in [0.15, 0.2) is 30.3 Å².